The smallest absolute Gasteiger partial charge is 0.216 e. The molecule has 124 heavy (non-hydrogen) atoms. The van der Waals surface area contributed by atoms with E-state index in [1.807, 2.05) is 0 Å². The molecule has 0 unspecified atom stereocenters. The van der Waals surface area contributed by atoms with Crippen molar-refractivity contribution in [2.75, 3.05) is 0 Å². The van der Waals surface area contributed by atoms with E-state index in [0.717, 1.165) is 51.4 Å². The molecule has 8 aromatic carbocycles. The van der Waals surface area contributed by atoms with Crippen molar-refractivity contribution in [2.45, 2.75) is 162 Å². The fourth-order valence-corrected chi connectivity index (χ4v) is 22.4. The van der Waals surface area contributed by atoms with Crippen LogP contribution in [0.5, 0.6) is 0 Å². The first kappa shape index (κ1) is 78.2. The second-order valence-corrected chi connectivity index (χ2v) is 37.6. The molecule has 8 nitrogen and oxygen atoms in total. The first-order valence-electron chi connectivity index (χ1n) is 44.5. The minimum atomic E-state index is 0.898. The standard InChI is InChI=1S/4C29H27N2/c1-16-6-7-22-20(11-16)13-21-14-25-23-8-9-31(5)29(26(23)15-27(25)30-28(21)22)24-12-17(2)10-18(3)19(24)4;1-16-6-7-20-13-21-14-25-22-8-9-31(5)29(23-12-17(2)10-18(3)19(23)4)26(22)15-27(25)30-28(21)24(20)11-16;1-16-11-18(3)19(4)24(12-16)29-26-15-27-25(21(26)9-10-31(29)5)14-20-13-23-17(2)7-6-8-22(23)28(20)30-27;1-16-11-18(3)19(4)23(12-16)29-25-15-26-24(22(25)9-10-31(29)5)14-21-13-20-8-6-7-17(2)27(20)28(21)30-26/h4*6-12,14H,13,15H2,1-5H3/q4*+1. The quantitative estimate of drug-likeness (QED) is 0.165. The van der Waals surface area contributed by atoms with Crippen LogP contribution in [0.15, 0.2) is 195 Å². The van der Waals surface area contributed by atoms with Gasteiger partial charge in [0.05, 0.1) is 45.6 Å². The summed E-state index contributed by atoms with van der Waals surface area (Å²) in [5, 5.41) is 0. The molecule has 8 aliphatic carbocycles. The lowest BCUT2D eigenvalue weighted by Gasteiger charge is -2.12. The van der Waals surface area contributed by atoms with Crippen molar-refractivity contribution in [3.63, 3.8) is 0 Å². The van der Waals surface area contributed by atoms with Crippen LogP contribution in [0.25, 0.3) is 135 Å². The summed E-state index contributed by atoms with van der Waals surface area (Å²) in [6.07, 6.45) is 16.4. The summed E-state index contributed by atoms with van der Waals surface area (Å²) in [6, 6.07) is 64.1. The van der Waals surface area contributed by atoms with Crippen molar-refractivity contribution in [2.24, 2.45) is 28.2 Å². The van der Waals surface area contributed by atoms with Gasteiger partial charge < -0.3 is 0 Å². The van der Waals surface area contributed by atoms with Crippen molar-refractivity contribution < 1.29 is 18.3 Å². The van der Waals surface area contributed by atoms with Crippen LogP contribution < -0.4 is 18.3 Å². The Morgan fingerprint density at radius 1 is 0.202 bits per heavy atom. The molecule has 0 bridgehead atoms. The number of hydrogen-bond acceptors (Lipinski definition) is 4. The minimum absolute atomic E-state index is 0.898. The molecule has 24 rings (SSSR count). The summed E-state index contributed by atoms with van der Waals surface area (Å²) in [6.45, 7) is 35.4. The van der Waals surface area contributed by atoms with Gasteiger partial charge in [-0.1, -0.05) is 124 Å². The predicted octanol–water partition coefficient (Wildman–Crippen LogP) is 23.8. The summed E-state index contributed by atoms with van der Waals surface area (Å²) in [4.78, 5) is 21.0. The lowest BCUT2D eigenvalue weighted by molar-refractivity contribution is -0.660. The second-order valence-electron chi connectivity index (χ2n) is 37.6. The zero-order chi connectivity index (χ0) is 85.8. The van der Waals surface area contributed by atoms with Crippen LogP contribution in [-0.2, 0) is 79.6 Å². The van der Waals surface area contributed by atoms with Gasteiger partial charge >= 0.3 is 0 Å². The number of nitrogens with zero attached hydrogens (tertiary/aromatic N) is 8. The van der Waals surface area contributed by atoms with E-state index in [-0.39, 0.29) is 0 Å². The van der Waals surface area contributed by atoms with E-state index in [1.165, 1.54) is 313 Å². The molecule has 8 heteroatoms. The molecule has 0 N–H and O–H groups in total. The molecular formula is C116H108N8+4. The summed E-state index contributed by atoms with van der Waals surface area (Å²) in [5.41, 5.74) is 74.6. The SMILES string of the molecule is Cc1cc(C)c(C)c(-c2c3c(cc[n+]2C)-c2cc4c(nc2C3)-c2c(C)cccc2C4)c1.Cc1cc(C)c(C)c(-c2c3c(cc[n+]2C)-c2cc4c(nc2C3)-c2cccc(C)c2C4)c1.Cc1ccc2c(c1)-c1nc3c(cc1C2)-c1cc[n+](C)c(-c2cc(C)cc(C)c2C)c1C3.Cc1ccc2c(c1)Cc1cc3c(nc1-2)Cc1c-3cc[n+](C)c1-c1cc(C)cc(C)c1C. The summed E-state index contributed by atoms with van der Waals surface area (Å²) in [7, 11) is 8.68. The van der Waals surface area contributed by atoms with E-state index in [1.54, 1.807) is 0 Å². The Kier molecular flexibility index (Phi) is 18.5. The van der Waals surface area contributed by atoms with Gasteiger partial charge in [0.25, 0.3) is 0 Å². The maximum Gasteiger partial charge on any atom is 0.216 e. The Morgan fingerprint density at radius 2 is 0.532 bits per heavy atom. The zero-order valence-corrected chi connectivity index (χ0v) is 75.7. The molecule has 8 aliphatic rings. The maximum absolute atomic E-state index is 5.26. The highest BCUT2D eigenvalue weighted by Gasteiger charge is 2.39. The van der Waals surface area contributed by atoms with Gasteiger partial charge in [0.1, 0.15) is 28.2 Å². The zero-order valence-electron chi connectivity index (χ0n) is 75.7. The molecule has 8 aromatic heterocycles. The highest BCUT2D eigenvalue weighted by Crippen LogP contribution is 2.52. The van der Waals surface area contributed by atoms with Crippen LogP contribution >= 0.6 is 0 Å². The molecule has 8 heterocycles. The van der Waals surface area contributed by atoms with Crippen molar-refractivity contribution >= 4 is 0 Å². The van der Waals surface area contributed by atoms with Crippen LogP contribution in [0.1, 0.15) is 179 Å². The number of aryl methyl sites for hydroxylation is 16. The maximum atomic E-state index is 5.26. The lowest BCUT2D eigenvalue weighted by Crippen LogP contribution is -2.32. The molecule has 0 spiro atoms. The fourth-order valence-electron chi connectivity index (χ4n) is 22.4. The topological polar surface area (TPSA) is 67.1 Å². The number of aromatic nitrogens is 8. The van der Waals surface area contributed by atoms with Crippen LogP contribution in [0.3, 0.4) is 0 Å². The second kappa shape index (κ2) is 29.3. The van der Waals surface area contributed by atoms with Crippen molar-refractivity contribution in [3.05, 3.63) is 373 Å². The average molecular weight is 1610 g/mol. The third-order valence-electron chi connectivity index (χ3n) is 29.0. The normalized spacial score (nSPS) is 13.1. The van der Waals surface area contributed by atoms with Gasteiger partial charge in [0.15, 0.2) is 24.8 Å². The monoisotopic (exact) mass is 1610 g/mol. The number of fused-ring (bicyclic) bond motifs is 24. The molecule has 0 amide bonds. The molecular weight excluding hydrogens is 1510 g/mol. The van der Waals surface area contributed by atoms with E-state index in [9.17, 15) is 0 Å². The number of pyridine rings is 8. The fraction of sp³-hybridized carbons (Fsp3) is 0.241. The molecule has 16 aromatic rings. The number of hydrogen-bond donors (Lipinski definition) is 0. The van der Waals surface area contributed by atoms with Gasteiger partial charge in [0, 0.05) is 165 Å². The van der Waals surface area contributed by atoms with Gasteiger partial charge in [-0.25, -0.2) is 18.3 Å². The first-order valence-corrected chi connectivity index (χ1v) is 44.5. The number of benzene rings is 8. The highest BCUT2D eigenvalue weighted by atomic mass is 15.0. The van der Waals surface area contributed by atoms with Gasteiger partial charge in [0.2, 0.25) is 22.8 Å². The molecule has 0 atom stereocenters. The molecule has 608 valence electrons. The van der Waals surface area contributed by atoms with E-state index < -0.39 is 0 Å². The third kappa shape index (κ3) is 12.6. The Balaban J connectivity index is 0.000000101. The van der Waals surface area contributed by atoms with Gasteiger partial charge in [-0.3, -0.25) is 19.9 Å². The van der Waals surface area contributed by atoms with Crippen LogP contribution in [0, 0.1) is 111 Å². The predicted molar refractivity (Wildman–Crippen MR) is 505 cm³/mol. The van der Waals surface area contributed by atoms with Crippen LogP contribution in [0.4, 0.5) is 0 Å². The number of rotatable bonds is 4. The Labute approximate surface area is 731 Å². The van der Waals surface area contributed by atoms with Gasteiger partial charge in [-0.05, 0) is 288 Å². The first-order chi connectivity index (χ1) is 59.6. The van der Waals surface area contributed by atoms with Crippen LogP contribution in [-0.4, -0.2) is 19.9 Å². The molecule has 0 aliphatic heterocycles. The third-order valence-corrected chi connectivity index (χ3v) is 29.0. The van der Waals surface area contributed by atoms with Gasteiger partial charge in [-0.15, -0.1) is 0 Å². The van der Waals surface area contributed by atoms with Crippen molar-refractivity contribution in [1.29, 1.82) is 0 Å². The Morgan fingerprint density at radius 3 is 0.960 bits per heavy atom. The largest absolute Gasteiger partial charge is 0.252 e. The van der Waals surface area contributed by atoms with E-state index >= 15 is 0 Å². The van der Waals surface area contributed by atoms with Crippen LogP contribution in [0.2, 0.25) is 0 Å². The summed E-state index contributed by atoms with van der Waals surface area (Å²) >= 11 is 0. The Bertz CT molecular complexity index is 7380. The van der Waals surface area contributed by atoms with Crippen molar-refractivity contribution in [3.8, 4) is 135 Å². The molecule has 0 fully saturated rings. The van der Waals surface area contributed by atoms with E-state index in [2.05, 4.69) is 352 Å². The molecule has 0 saturated heterocycles. The van der Waals surface area contributed by atoms with E-state index in [4.69, 9.17) is 19.9 Å². The Hall–Kier alpha value is -13.0. The van der Waals surface area contributed by atoms with Crippen molar-refractivity contribution in [1.82, 2.24) is 19.9 Å². The summed E-state index contributed by atoms with van der Waals surface area (Å²) in [5.74, 6) is 0. The van der Waals surface area contributed by atoms with E-state index in [0.29, 0.717) is 0 Å². The lowest BCUT2D eigenvalue weighted by atomic mass is 9.93. The molecule has 0 radical (unpaired) electrons. The average Bonchev–Trinajstić information content (AvgIpc) is 1.59. The highest BCUT2D eigenvalue weighted by molar-refractivity contribution is 5.91. The van der Waals surface area contributed by atoms with Gasteiger partial charge in [-0.2, -0.15) is 0 Å². The minimum Gasteiger partial charge on any atom is -0.252 e. The summed E-state index contributed by atoms with van der Waals surface area (Å²) < 4.78 is 9.16. The molecule has 0 saturated carbocycles.